The molecule has 0 heterocycles. The Bertz CT molecular complexity index is 181. The third-order valence-corrected chi connectivity index (χ3v) is 3.68. The van der Waals surface area contributed by atoms with E-state index < -0.39 is 12.6 Å². The van der Waals surface area contributed by atoms with Gasteiger partial charge in [0.05, 0.1) is 0 Å². The van der Waals surface area contributed by atoms with E-state index in [1.54, 1.807) is 0 Å². The van der Waals surface area contributed by atoms with Gasteiger partial charge < -0.3 is 0 Å². The highest BCUT2D eigenvalue weighted by atomic mass is 32.1. The van der Waals surface area contributed by atoms with E-state index in [1.165, 1.54) is 51.4 Å². The van der Waals surface area contributed by atoms with E-state index in [0.717, 1.165) is 25.0 Å². The first kappa shape index (κ1) is 19.1. The largest absolute Gasteiger partial charge is 0.389 e. The first-order chi connectivity index (χ1) is 9.06. The van der Waals surface area contributed by atoms with Crippen molar-refractivity contribution >= 4 is 12.6 Å². The molecule has 0 rings (SSSR count). The topological polar surface area (TPSA) is 0 Å². The molecule has 0 spiro atoms. The summed E-state index contributed by atoms with van der Waals surface area (Å²) in [6.45, 7) is 0. The summed E-state index contributed by atoms with van der Waals surface area (Å²) >= 11 is 4.18. The number of hydrogen-bond acceptors (Lipinski definition) is 1. The molecule has 0 aliphatic heterocycles. The van der Waals surface area contributed by atoms with Crippen LogP contribution >= 0.6 is 12.6 Å². The van der Waals surface area contributed by atoms with E-state index in [0.29, 0.717) is 6.42 Å². The molecule has 0 nitrogen and oxygen atoms in total. The van der Waals surface area contributed by atoms with Crippen molar-refractivity contribution < 1.29 is 13.2 Å². The molecule has 19 heavy (non-hydrogen) atoms. The molecule has 0 amide bonds. The second-order valence-electron chi connectivity index (χ2n) is 5.33. The van der Waals surface area contributed by atoms with E-state index >= 15 is 0 Å². The fraction of sp³-hybridized carbons (Fsp3) is 1.00. The van der Waals surface area contributed by atoms with Crippen molar-refractivity contribution in [3.8, 4) is 0 Å². The summed E-state index contributed by atoms with van der Waals surface area (Å²) in [5.74, 6) is 0.994. The van der Waals surface area contributed by atoms with Gasteiger partial charge in [-0.25, -0.2) is 0 Å². The maximum Gasteiger partial charge on any atom is 0.389 e. The minimum atomic E-state index is -3.97. The van der Waals surface area contributed by atoms with Crippen LogP contribution in [0.5, 0.6) is 0 Å². The first-order valence-corrected chi connectivity index (χ1v) is 8.37. The van der Waals surface area contributed by atoms with Gasteiger partial charge in [0.15, 0.2) is 0 Å². The number of unbranched alkanes of at least 4 members (excludes halogenated alkanes) is 11. The number of alkyl halides is 3. The van der Waals surface area contributed by atoms with Gasteiger partial charge in [-0.05, 0) is 18.6 Å². The highest BCUT2D eigenvalue weighted by Gasteiger charge is 2.25. The molecule has 0 aliphatic carbocycles. The molecular formula is C15H29F3S. The second-order valence-corrected chi connectivity index (χ2v) is 5.78. The van der Waals surface area contributed by atoms with Gasteiger partial charge in [0.1, 0.15) is 0 Å². The monoisotopic (exact) mass is 298 g/mol. The molecule has 0 saturated carbocycles. The van der Waals surface area contributed by atoms with Crippen LogP contribution in [0.2, 0.25) is 0 Å². The van der Waals surface area contributed by atoms with E-state index in [9.17, 15) is 13.2 Å². The van der Waals surface area contributed by atoms with Gasteiger partial charge in [0, 0.05) is 6.42 Å². The molecule has 116 valence electrons. The van der Waals surface area contributed by atoms with Gasteiger partial charge in [0.25, 0.3) is 0 Å². The van der Waals surface area contributed by atoms with Crippen LogP contribution in [0.1, 0.15) is 83.5 Å². The van der Waals surface area contributed by atoms with Crippen LogP contribution in [0.4, 0.5) is 13.2 Å². The van der Waals surface area contributed by atoms with Crippen LogP contribution in [0, 0.1) is 0 Å². The minimum absolute atomic E-state index is 0.300. The smallest absolute Gasteiger partial charge is 0.179 e. The molecule has 0 unspecified atom stereocenters. The zero-order valence-corrected chi connectivity index (χ0v) is 12.9. The Morgan fingerprint density at radius 2 is 0.842 bits per heavy atom. The van der Waals surface area contributed by atoms with Crippen molar-refractivity contribution in [1.82, 2.24) is 0 Å². The number of rotatable bonds is 13. The van der Waals surface area contributed by atoms with Crippen molar-refractivity contribution in [3.63, 3.8) is 0 Å². The summed E-state index contributed by atoms with van der Waals surface area (Å²) in [5, 5.41) is 0. The highest BCUT2D eigenvalue weighted by Crippen LogP contribution is 2.23. The number of thiol groups is 1. The van der Waals surface area contributed by atoms with Crippen LogP contribution in [-0.2, 0) is 0 Å². The van der Waals surface area contributed by atoms with E-state index in [-0.39, 0.29) is 0 Å². The second kappa shape index (κ2) is 13.1. The zero-order valence-electron chi connectivity index (χ0n) is 12.0. The molecule has 0 bridgehead atoms. The van der Waals surface area contributed by atoms with Gasteiger partial charge in [-0.15, -0.1) is 0 Å². The molecule has 0 aromatic carbocycles. The lowest BCUT2D eigenvalue weighted by atomic mass is 10.0. The third-order valence-electron chi connectivity index (χ3n) is 3.37. The van der Waals surface area contributed by atoms with Crippen LogP contribution in [-0.4, -0.2) is 11.9 Å². The summed E-state index contributed by atoms with van der Waals surface area (Å²) < 4.78 is 35.6. The fourth-order valence-electron chi connectivity index (χ4n) is 2.21. The number of halogens is 3. The summed E-state index contributed by atoms with van der Waals surface area (Å²) in [7, 11) is 0. The average Bonchev–Trinajstić information content (AvgIpc) is 2.34. The Morgan fingerprint density at radius 3 is 1.16 bits per heavy atom. The lowest BCUT2D eigenvalue weighted by molar-refractivity contribution is -0.135. The molecule has 0 atom stereocenters. The Balaban J connectivity index is 2.99. The molecule has 0 aliphatic rings. The first-order valence-electron chi connectivity index (χ1n) is 7.74. The Morgan fingerprint density at radius 1 is 0.526 bits per heavy atom. The van der Waals surface area contributed by atoms with E-state index in [4.69, 9.17) is 0 Å². The zero-order chi connectivity index (χ0) is 14.4. The lowest BCUT2D eigenvalue weighted by Crippen LogP contribution is -2.06. The minimum Gasteiger partial charge on any atom is -0.179 e. The number of hydrogen-bond donors (Lipinski definition) is 1. The lowest BCUT2D eigenvalue weighted by Gasteiger charge is -2.05. The summed E-state index contributed by atoms with van der Waals surface area (Å²) in [5.41, 5.74) is 0. The molecule has 0 N–H and O–H groups in total. The molecular weight excluding hydrogens is 269 g/mol. The SMILES string of the molecule is FC(F)(F)CCCCCCCCCCCCCCS. The molecule has 0 aromatic rings. The van der Waals surface area contributed by atoms with E-state index in [1.807, 2.05) is 0 Å². The third kappa shape index (κ3) is 18.1. The molecule has 0 aromatic heterocycles. The quantitative estimate of drug-likeness (QED) is 0.289. The van der Waals surface area contributed by atoms with Crippen LogP contribution in [0.25, 0.3) is 0 Å². The van der Waals surface area contributed by atoms with Gasteiger partial charge in [0.2, 0.25) is 0 Å². The van der Waals surface area contributed by atoms with Gasteiger partial charge in [-0.3, -0.25) is 0 Å². The van der Waals surface area contributed by atoms with Crippen LogP contribution < -0.4 is 0 Å². The maximum atomic E-state index is 11.9. The fourth-order valence-corrected chi connectivity index (χ4v) is 2.43. The molecule has 0 saturated heterocycles. The van der Waals surface area contributed by atoms with Crippen molar-refractivity contribution in [3.05, 3.63) is 0 Å². The molecule has 0 radical (unpaired) electrons. The van der Waals surface area contributed by atoms with Crippen LogP contribution in [0.3, 0.4) is 0 Å². The Labute approximate surface area is 122 Å². The molecule has 4 heteroatoms. The summed E-state index contributed by atoms with van der Waals surface area (Å²) in [6.07, 6.45) is 8.67. The van der Waals surface area contributed by atoms with Gasteiger partial charge >= 0.3 is 6.18 Å². The average molecular weight is 298 g/mol. The summed E-state index contributed by atoms with van der Waals surface area (Å²) in [6, 6.07) is 0. The van der Waals surface area contributed by atoms with Gasteiger partial charge in [-0.1, -0.05) is 64.2 Å². The van der Waals surface area contributed by atoms with Crippen molar-refractivity contribution in [2.75, 3.05) is 5.75 Å². The van der Waals surface area contributed by atoms with Crippen molar-refractivity contribution in [1.29, 1.82) is 0 Å². The normalized spacial score (nSPS) is 12.0. The van der Waals surface area contributed by atoms with Crippen molar-refractivity contribution in [2.45, 2.75) is 89.6 Å². The van der Waals surface area contributed by atoms with Gasteiger partial charge in [-0.2, -0.15) is 25.8 Å². The van der Waals surface area contributed by atoms with Crippen molar-refractivity contribution in [2.24, 2.45) is 0 Å². The van der Waals surface area contributed by atoms with Crippen LogP contribution in [0.15, 0.2) is 0 Å². The Kier molecular flexibility index (Phi) is 13.2. The predicted molar refractivity (Wildman–Crippen MR) is 79.9 cm³/mol. The summed E-state index contributed by atoms with van der Waals surface area (Å²) in [4.78, 5) is 0. The maximum absolute atomic E-state index is 11.9. The molecule has 0 fully saturated rings. The van der Waals surface area contributed by atoms with E-state index in [2.05, 4.69) is 12.6 Å². The standard InChI is InChI=1S/C15H29F3S/c16-15(17,18)13-11-9-7-5-3-1-2-4-6-8-10-12-14-19/h19H,1-14H2. The predicted octanol–water partition coefficient (Wildman–Crippen LogP) is 6.55. The Hall–Kier alpha value is 0.140. The highest BCUT2D eigenvalue weighted by molar-refractivity contribution is 7.80.